The van der Waals surface area contributed by atoms with Gasteiger partial charge in [0.15, 0.2) is 0 Å². The van der Waals surface area contributed by atoms with Crippen molar-refractivity contribution in [3.63, 3.8) is 0 Å². The minimum atomic E-state index is -4.04. The van der Waals surface area contributed by atoms with Gasteiger partial charge in [-0.15, -0.1) is 0 Å². The summed E-state index contributed by atoms with van der Waals surface area (Å²) in [6, 6.07) is 3.39. The van der Waals surface area contributed by atoms with Gasteiger partial charge in [0.1, 0.15) is 12.2 Å². The number of carbonyl (C=O) groups excluding carboxylic acids is 1. The van der Waals surface area contributed by atoms with Gasteiger partial charge in [0, 0.05) is 13.1 Å². The van der Waals surface area contributed by atoms with Crippen LogP contribution in [0.2, 0.25) is 0 Å². The number of benzene rings is 1. The topological polar surface area (TPSA) is 128 Å². The lowest BCUT2D eigenvalue weighted by molar-refractivity contribution is -0.384. The predicted octanol–water partition coefficient (Wildman–Crippen LogP) is 0.478. The van der Waals surface area contributed by atoms with E-state index in [2.05, 4.69) is 10.1 Å². The van der Waals surface area contributed by atoms with Crippen LogP contribution in [0.3, 0.4) is 0 Å². The van der Waals surface area contributed by atoms with Crippen LogP contribution in [0.1, 0.15) is 6.92 Å². The molecule has 10 heteroatoms. The molecule has 0 fully saturated rings. The van der Waals surface area contributed by atoms with Gasteiger partial charge in [-0.25, -0.2) is 8.42 Å². The molecule has 2 N–H and O–H groups in total. The molecule has 0 heterocycles. The maximum atomic E-state index is 12.0. The maximum absolute atomic E-state index is 12.0. The van der Waals surface area contributed by atoms with Crippen LogP contribution >= 0.6 is 0 Å². The molecule has 0 saturated heterocycles. The molecule has 0 bridgehead atoms. The van der Waals surface area contributed by atoms with Crippen molar-refractivity contribution in [1.29, 1.82) is 0 Å². The highest BCUT2D eigenvalue weighted by atomic mass is 32.2. The van der Waals surface area contributed by atoms with Crippen LogP contribution in [0.5, 0.6) is 0 Å². The third-order valence-corrected chi connectivity index (χ3v) is 3.86. The zero-order chi connectivity index (χ0) is 16.0. The summed E-state index contributed by atoms with van der Waals surface area (Å²) in [6.45, 7) is 1.17. The molecule has 0 aromatic heterocycles. The highest BCUT2D eigenvalue weighted by Crippen LogP contribution is 2.26. The summed E-state index contributed by atoms with van der Waals surface area (Å²) in [7, 11) is -2.56. The van der Waals surface area contributed by atoms with Crippen molar-refractivity contribution in [3.05, 3.63) is 28.3 Å². The molecule has 0 aliphatic heterocycles. The molecule has 0 spiro atoms. The van der Waals surface area contributed by atoms with E-state index >= 15 is 0 Å². The number of carbonyl (C=O) groups is 1. The van der Waals surface area contributed by atoms with Crippen LogP contribution in [0, 0.1) is 10.1 Å². The van der Waals surface area contributed by atoms with E-state index in [1.807, 2.05) is 4.72 Å². The van der Waals surface area contributed by atoms with E-state index in [9.17, 15) is 23.3 Å². The predicted molar refractivity (Wildman–Crippen MR) is 74.5 cm³/mol. The molecule has 0 radical (unpaired) electrons. The molecule has 1 aromatic rings. The number of nitro benzene ring substituents is 1. The summed E-state index contributed by atoms with van der Waals surface area (Å²) in [5, 5.41) is 13.5. The monoisotopic (exact) mass is 317 g/mol. The van der Waals surface area contributed by atoms with Crippen molar-refractivity contribution in [1.82, 2.24) is 4.72 Å². The summed E-state index contributed by atoms with van der Waals surface area (Å²) < 4.78 is 30.5. The van der Waals surface area contributed by atoms with Crippen LogP contribution < -0.4 is 10.0 Å². The Bertz CT molecular complexity index is 643. The minimum Gasteiger partial charge on any atom is -0.465 e. The van der Waals surface area contributed by atoms with Crippen LogP contribution in [-0.4, -0.2) is 39.5 Å². The average Bonchev–Trinajstić information content (AvgIpc) is 2.44. The number of anilines is 1. The highest BCUT2D eigenvalue weighted by molar-refractivity contribution is 7.89. The van der Waals surface area contributed by atoms with E-state index < -0.39 is 27.5 Å². The summed E-state index contributed by atoms with van der Waals surface area (Å²) in [6.07, 6.45) is 0. The fourth-order valence-electron chi connectivity index (χ4n) is 1.49. The molecule has 0 saturated carbocycles. The lowest BCUT2D eigenvalue weighted by atomic mass is 10.3. The van der Waals surface area contributed by atoms with Gasteiger partial charge in [-0.3, -0.25) is 14.9 Å². The lowest BCUT2D eigenvalue weighted by Crippen LogP contribution is -2.30. The van der Waals surface area contributed by atoms with Crippen molar-refractivity contribution in [3.8, 4) is 0 Å². The molecule has 0 aliphatic carbocycles. The SMILES string of the molecule is CCOC(=O)CNS(=O)(=O)c1ccc(NC)c([N+](=O)[O-])c1. The number of hydrogen-bond donors (Lipinski definition) is 2. The number of esters is 1. The molecule has 0 amide bonds. The Balaban J connectivity index is 3.01. The van der Waals surface area contributed by atoms with Crippen LogP contribution in [0.4, 0.5) is 11.4 Å². The number of rotatable bonds is 7. The summed E-state index contributed by atoms with van der Waals surface area (Å²) in [5.74, 6) is -0.734. The largest absolute Gasteiger partial charge is 0.465 e. The summed E-state index contributed by atoms with van der Waals surface area (Å²) in [4.78, 5) is 21.0. The van der Waals surface area contributed by atoms with Crippen LogP contribution in [0.15, 0.2) is 23.1 Å². The van der Waals surface area contributed by atoms with Gasteiger partial charge in [0.2, 0.25) is 10.0 Å². The number of sulfonamides is 1. The van der Waals surface area contributed by atoms with Crippen LogP contribution in [0.25, 0.3) is 0 Å². The minimum absolute atomic E-state index is 0.128. The second-order valence-corrected chi connectivity index (χ2v) is 5.58. The Labute approximate surface area is 121 Å². The van der Waals surface area contributed by atoms with E-state index in [1.54, 1.807) is 6.92 Å². The Morgan fingerprint density at radius 1 is 1.43 bits per heavy atom. The van der Waals surface area contributed by atoms with Crippen molar-refractivity contribution in [2.75, 3.05) is 25.5 Å². The number of nitrogens with one attached hydrogen (secondary N) is 2. The number of hydrogen-bond acceptors (Lipinski definition) is 7. The molecule has 21 heavy (non-hydrogen) atoms. The lowest BCUT2D eigenvalue weighted by Gasteiger charge is -2.08. The van der Waals surface area contributed by atoms with Crippen molar-refractivity contribution >= 4 is 27.4 Å². The fourth-order valence-corrected chi connectivity index (χ4v) is 2.48. The molecule has 116 valence electrons. The number of nitrogens with zero attached hydrogens (tertiary/aromatic N) is 1. The Morgan fingerprint density at radius 3 is 2.62 bits per heavy atom. The molecular weight excluding hydrogens is 302 g/mol. The Kier molecular flexibility index (Phi) is 5.61. The number of nitro groups is 1. The molecule has 1 rings (SSSR count). The molecule has 0 aliphatic rings. The first kappa shape index (κ1) is 16.9. The maximum Gasteiger partial charge on any atom is 0.321 e. The Morgan fingerprint density at radius 2 is 2.10 bits per heavy atom. The first-order chi connectivity index (χ1) is 9.81. The standard InChI is InChI=1S/C11H15N3O6S/c1-3-20-11(15)7-13-21(18,19)8-4-5-9(12-2)10(6-8)14(16)17/h4-6,12-13H,3,7H2,1-2H3. The first-order valence-electron chi connectivity index (χ1n) is 5.93. The van der Waals surface area contributed by atoms with Crippen LogP contribution in [-0.2, 0) is 19.6 Å². The van der Waals surface area contributed by atoms with Crippen molar-refractivity contribution < 1.29 is 22.9 Å². The molecular formula is C11H15N3O6S. The van der Waals surface area contributed by atoms with Gasteiger partial charge < -0.3 is 10.1 Å². The van der Waals surface area contributed by atoms with E-state index in [0.717, 1.165) is 6.07 Å². The number of ether oxygens (including phenoxy) is 1. The van der Waals surface area contributed by atoms with Gasteiger partial charge in [0.05, 0.1) is 16.4 Å². The summed E-state index contributed by atoms with van der Waals surface area (Å²) >= 11 is 0. The van der Waals surface area contributed by atoms with Gasteiger partial charge in [-0.1, -0.05) is 0 Å². The quantitative estimate of drug-likeness (QED) is 0.425. The molecule has 1 aromatic carbocycles. The van der Waals surface area contributed by atoms with Gasteiger partial charge in [-0.2, -0.15) is 4.72 Å². The second-order valence-electron chi connectivity index (χ2n) is 3.82. The zero-order valence-electron chi connectivity index (χ0n) is 11.5. The van der Waals surface area contributed by atoms with E-state index in [-0.39, 0.29) is 22.9 Å². The second kappa shape index (κ2) is 6.99. The molecule has 9 nitrogen and oxygen atoms in total. The van der Waals surface area contributed by atoms with E-state index in [4.69, 9.17) is 0 Å². The van der Waals surface area contributed by atoms with Crippen molar-refractivity contribution in [2.45, 2.75) is 11.8 Å². The normalized spacial score (nSPS) is 11.0. The summed E-state index contributed by atoms with van der Waals surface area (Å²) in [5.41, 5.74) is -0.194. The third-order valence-electron chi connectivity index (χ3n) is 2.46. The molecule has 0 atom stereocenters. The van der Waals surface area contributed by atoms with Gasteiger partial charge >= 0.3 is 5.97 Å². The first-order valence-corrected chi connectivity index (χ1v) is 7.41. The van der Waals surface area contributed by atoms with Crippen molar-refractivity contribution in [2.24, 2.45) is 0 Å². The van der Waals surface area contributed by atoms with E-state index in [1.165, 1.54) is 19.2 Å². The zero-order valence-corrected chi connectivity index (χ0v) is 12.3. The highest BCUT2D eigenvalue weighted by Gasteiger charge is 2.21. The molecule has 0 unspecified atom stereocenters. The van der Waals surface area contributed by atoms with E-state index in [0.29, 0.717) is 0 Å². The Hall–Kier alpha value is -2.20. The smallest absolute Gasteiger partial charge is 0.321 e. The van der Waals surface area contributed by atoms with Gasteiger partial charge in [0.25, 0.3) is 5.69 Å². The third kappa shape index (κ3) is 4.39. The fraction of sp³-hybridized carbons (Fsp3) is 0.364. The average molecular weight is 317 g/mol. The van der Waals surface area contributed by atoms with Gasteiger partial charge in [-0.05, 0) is 19.1 Å².